The number of esters is 1. The van der Waals surface area contributed by atoms with Crippen molar-refractivity contribution in [2.45, 2.75) is 19.8 Å². The standard InChI is InChI=1S/C21H22N4O3S/c1-2-28-18(26)14-24(13-15-10-11-15)21(27)19-22-20(17-9-6-12-29-17)25(23-19)16-7-4-3-5-8-16/h3-9,12,15H,2,10-11,13-14H2,1H3. The van der Waals surface area contributed by atoms with Crippen LogP contribution < -0.4 is 0 Å². The van der Waals surface area contributed by atoms with Gasteiger partial charge in [0.15, 0.2) is 5.82 Å². The highest BCUT2D eigenvalue weighted by molar-refractivity contribution is 7.13. The van der Waals surface area contributed by atoms with Crippen molar-refractivity contribution in [2.24, 2.45) is 5.92 Å². The van der Waals surface area contributed by atoms with Crippen LogP contribution in [0.25, 0.3) is 16.4 Å². The van der Waals surface area contributed by atoms with Crippen LogP contribution in [0.5, 0.6) is 0 Å². The van der Waals surface area contributed by atoms with Gasteiger partial charge in [0, 0.05) is 6.54 Å². The molecule has 2 heterocycles. The lowest BCUT2D eigenvalue weighted by Crippen LogP contribution is -2.38. The van der Waals surface area contributed by atoms with E-state index < -0.39 is 5.97 Å². The average molecular weight is 410 g/mol. The third-order valence-electron chi connectivity index (χ3n) is 4.63. The van der Waals surface area contributed by atoms with Gasteiger partial charge in [0.05, 0.1) is 17.2 Å². The SMILES string of the molecule is CCOC(=O)CN(CC1CC1)C(=O)c1nc(-c2cccs2)n(-c2ccccc2)n1. The molecule has 0 spiro atoms. The molecule has 1 saturated carbocycles. The number of ether oxygens (including phenoxy) is 1. The second kappa shape index (κ2) is 8.57. The zero-order valence-corrected chi connectivity index (χ0v) is 17.0. The first-order valence-corrected chi connectivity index (χ1v) is 10.5. The lowest BCUT2D eigenvalue weighted by molar-refractivity contribution is -0.143. The summed E-state index contributed by atoms with van der Waals surface area (Å²) < 4.78 is 6.72. The van der Waals surface area contributed by atoms with Crippen LogP contribution in [-0.4, -0.2) is 51.2 Å². The molecule has 1 aromatic carbocycles. The van der Waals surface area contributed by atoms with E-state index in [0.717, 1.165) is 23.4 Å². The molecule has 3 aromatic rings. The first-order chi connectivity index (χ1) is 14.2. The summed E-state index contributed by atoms with van der Waals surface area (Å²) in [6.07, 6.45) is 2.14. The van der Waals surface area contributed by atoms with Crippen molar-refractivity contribution >= 4 is 23.2 Å². The fourth-order valence-corrected chi connectivity index (χ4v) is 3.75. The van der Waals surface area contributed by atoms with E-state index in [-0.39, 0.29) is 24.9 Å². The van der Waals surface area contributed by atoms with Gasteiger partial charge in [-0.25, -0.2) is 9.67 Å². The van der Waals surface area contributed by atoms with Gasteiger partial charge in [-0.2, -0.15) is 0 Å². The van der Waals surface area contributed by atoms with Gasteiger partial charge < -0.3 is 9.64 Å². The molecular weight excluding hydrogens is 388 g/mol. The van der Waals surface area contributed by atoms with Gasteiger partial charge in [-0.05, 0) is 49.3 Å². The quantitative estimate of drug-likeness (QED) is 0.532. The fourth-order valence-electron chi connectivity index (χ4n) is 3.05. The number of aromatic nitrogens is 3. The number of thiophene rings is 1. The molecule has 0 unspecified atom stereocenters. The third-order valence-corrected chi connectivity index (χ3v) is 5.49. The Morgan fingerprint density at radius 3 is 2.66 bits per heavy atom. The molecule has 150 valence electrons. The van der Waals surface area contributed by atoms with Gasteiger partial charge in [0.1, 0.15) is 6.54 Å². The molecular formula is C21H22N4O3S. The Morgan fingerprint density at radius 1 is 1.21 bits per heavy atom. The van der Waals surface area contributed by atoms with Crippen LogP contribution in [-0.2, 0) is 9.53 Å². The van der Waals surface area contributed by atoms with Crippen LogP contribution in [0.2, 0.25) is 0 Å². The predicted molar refractivity (Wildman–Crippen MR) is 110 cm³/mol. The molecule has 1 aliphatic carbocycles. The van der Waals surface area contributed by atoms with Gasteiger partial charge in [-0.3, -0.25) is 9.59 Å². The van der Waals surface area contributed by atoms with Crippen LogP contribution in [0.15, 0.2) is 47.8 Å². The minimum Gasteiger partial charge on any atom is -0.465 e. The maximum Gasteiger partial charge on any atom is 0.325 e. The second-order valence-corrected chi connectivity index (χ2v) is 7.87. The molecule has 0 N–H and O–H groups in total. The number of nitrogens with zero attached hydrogens (tertiary/aromatic N) is 4. The normalized spacial score (nSPS) is 13.3. The number of amides is 1. The number of benzene rings is 1. The van der Waals surface area contributed by atoms with Crippen molar-refractivity contribution in [2.75, 3.05) is 19.7 Å². The Hall–Kier alpha value is -3.00. The molecule has 8 heteroatoms. The van der Waals surface area contributed by atoms with E-state index in [2.05, 4.69) is 10.1 Å². The van der Waals surface area contributed by atoms with Crippen molar-refractivity contribution < 1.29 is 14.3 Å². The highest BCUT2D eigenvalue weighted by Crippen LogP contribution is 2.30. The first kappa shape index (κ1) is 19.3. The molecule has 1 fully saturated rings. The smallest absolute Gasteiger partial charge is 0.325 e. The second-order valence-electron chi connectivity index (χ2n) is 6.92. The summed E-state index contributed by atoms with van der Waals surface area (Å²) in [5.41, 5.74) is 0.821. The molecule has 1 amide bonds. The van der Waals surface area contributed by atoms with Crippen LogP contribution in [0.4, 0.5) is 0 Å². The van der Waals surface area contributed by atoms with E-state index in [1.54, 1.807) is 11.6 Å². The molecule has 7 nitrogen and oxygen atoms in total. The Kier molecular flexibility index (Phi) is 5.71. The summed E-state index contributed by atoms with van der Waals surface area (Å²) in [6, 6.07) is 13.5. The van der Waals surface area contributed by atoms with Crippen molar-refractivity contribution in [3.63, 3.8) is 0 Å². The Morgan fingerprint density at radius 2 is 2.00 bits per heavy atom. The van der Waals surface area contributed by atoms with Gasteiger partial charge in [-0.1, -0.05) is 24.3 Å². The summed E-state index contributed by atoms with van der Waals surface area (Å²) in [6.45, 7) is 2.47. The number of hydrogen-bond acceptors (Lipinski definition) is 6. The number of para-hydroxylation sites is 1. The Balaban J connectivity index is 1.67. The van der Waals surface area contributed by atoms with E-state index in [4.69, 9.17) is 4.74 Å². The van der Waals surface area contributed by atoms with Crippen LogP contribution in [0.1, 0.15) is 30.4 Å². The molecule has 0 aliphatic heterocycles. The topological polar surface area (TPSA) is 77.3 Å². The van der Waals surface area contributed by atoms with Crippen molar-refractivity contribution in [3.8, 4) is 16.4 Å². The summed E-state index contributed by atoms with van der Waals surface area (Å²) in [5.74, 6) is 0.362. The minimum atomic E-state index is -0.414. The Bertz CT molecular complexity index is 981. The molecule has 0 bridgehead atoms. The molecule has 1 aliphatic rings. The molecule has 0 atom stereocenters. The zero-order chi connectivity index (χ0) is 20.2. The fraction of sp³-hybridized carbons (Fsp3) is 0.333. The van der Waals surface area contributed by atoms with Gasteiger partial charge in [0.25, 0.3) is 5.91 Å². The van der Waals surface area contributed by atoms with Gasteiger partial charge in [-0.15, -0.1) is 16.4 Å². The Labute approximate surface area is 172 Å². The summed E-state index contributed by atoms with van der Waals surface area (Å²) in [7, 11) is 0. The number of rotatable bonds is 8. The van der Waals surface area contributed by atoms with E-state index in [0.29, 0.717) is 18.3 Å². The highest BCUT2D eigenvalue weighted by Gasteiger charge is 2.31. The number of carbonyl (C=O) groups is 2. The number of hydrogen-bond donors (Lipinski definition) is 0. The summed E-state index contributed by atoms with van der Waals surface area (Å²) in [4.78, 5) is 32.2. The molecule has 29 heavy (non-hydrogen) atoms. The molecule has 0 radical (unpaired) electrons. The zero-order valence-electron chi connectivity index (χ0n) is 16.2. The maximum absolute atomic E-state index is 13.2. The van der Waals surface area contributed by atoms with E-state index in [1.807, 2.05) is 47.8 Å². The summed E-state index contributed by atoms with van der Waals surface area (Å²) in [5, 5.41) is 6.47. The lowest BCUT2D eigenvalue weighted by atomic mass is 10.3. The maximum atomic E-state index is 13.2. The predicted octanol–water partition coefficient (Wildman–Crippen LogP) is 3.41. The molecule has 2 aromatic heterocycles. The van der Waals surface area contributed by atoms with Gasteiger partial charge >= 0.3 is 5.97 Å². The largest absolute Gasteiger partial charge is 0.465 e. The monoisotopic (exact) mass is 410 g/mol. The van der Waals surface area contributed by atoms with Crippen LogP contribution in [0, 0.1) is 5.92 Å². The van der Waals surface area contributed by atoms with Crippen LogP contribution in [0.3, 0.4) is 0 Å². The average Bonchev–Trinajstić information content (AvgIpc) is 3.20. The third kappa shape index (κ3) is 4.54. The van der Waals surface area contributed by atoms with Crippen molar-refractivity contribution in [1.29, 1.82) is 0 Å². The van der Waals surface area contributed by atoms with E-state index >= 15 is 0 Å². The van der Waals surface area contributed by atoms with Crippen molar-refractivity contribution in [1.82, 2.24) is 19.7 Å². The molecule has 0 saturated heterocycles. The number of carbonyl (C=O) groups excluding carboxylic acids is 2. The first-order valence-electron chi connectivity index (χ1n) is 9.67. The van der Waals surface area contributed by atoms with Gasteiger partial charge in [0.2, 0.25) is 5.82 Å². The lowest BCUT2D eigenvalue weighted by Gasteiger charge is -2.19. The van der Waals surface area contributed by atoms with Crippen molar-refractivity contribution in [3.05, 3.63) is 53.7 Å². The van der Waals surface area contributed by atoms with E-state index in [9.17, 15) is 9.59 Å². The summed E-state index contributed by atoms with van der Waals surface area (Å²) >= 11 is 1.53. The molecule has 4 rings (SSSR count). The van der Waals surface area contributed by atoms with E-state index in [1.165, 1.54) is 16.2 Å². The minimum absolute atomic E-state index is 0.0854. The highest BCUT2D eigenvalue weighted by atomic mass is 32.1. The van der Waals surface area contributed by atoms with Crippen LogP contribution >= 0.6 is 11.3 Å².